The fourth-order valence-corrected chi connectivity index (χ4v) is 9.70. The van der Waals surface area contributed by atoms with Gasteiger partial charge in [0.05, 0.1) is 40.9 Å². The van der Waals surface area contributed by atoms with Gasteiger partial charge in [0.15, 0.2) is 30.4 Å². The molecule has 1 fully saturated rings. The van der Waals surface area contributed by atoms with Crippen LogP contribution in [-0.4, -0.2) is 80.7 Å². The molecule has 2 amide bonds. The highest BCUT2D eigenvalue weighted by molar-refractivity contribution is 8.00. The maximum absolute atomic E-state index is 14.0. The highest BCUT2D eigenvalue weighted by Crippen LogP contribution is 2.46. The van der Waals surface area contributed by atoms with Crippen LogP contribution in [0, 0.1) is 12.8 Å². The summed E-state index contributed by atoms with van der Waals surface area (Å²) in [7, 11) is 2.93. The Morgan fingerprint density at radius 3 is 2.55 bits per heavy atom. The van der Waals surface area contributed by atoms with Crippen molar-refractivity contribution in [3.8, 4) is 5.75 Å². The summed E-state index contributed by atoms with van der Waals surface area (Å²) in [6.07, 6.45) is 5.07. The molecule has 6 heterocycles. The molecule has 60 heavy (non-hydrogen) atoms. The van der Waals surface area contributed by atoms with Crippen LogP contribution in [0.25, 0.3) is 10.9 Å². The van der Waals surface area contributed by atoms with Crippen molar-refractivity contribution in [3.63, 3.8) is 0 Å². The number of benzene rings is 1. The predicted octanol–water partition coefficient (Wildman–Crippen LogP) is 5.99. The van der Waals surface area contributed by atoms with Gasteiger partial charge in [-0.05, 0) is 57.5 Å². The van der Waals surface area contributed by atoms with Gasteiger partial charge in [0.25, 0.3) is 0 Å². The molecule has 15 nitrogen and oxygen atoms in total. The van der Waals surface area contributed by atoms with Crippen LogP contribution in [-0.2, 0) is 48.4 Å². The molecule has 1 saturated heterocycles. The molecule has 2 aliphatic heterocycles. The van der Waals surface area contributed by atoms with E-state index in [1.54, 1.807) is 45.4 Å². The number of aliphatic imine (C=N–C) groups is 1. The van der Waals surface area contributed by atoms with E-state index in [0.717, 1.165) is 26.4 Å². The number of amides is 2. The van der Waals surface area contributed by atoms with Crippen molar-refractivity contribution >= 4 is 80.6 Å². The van der Waals surface area contributed by atoms with E-state index in [1.165, 1.54) is 46.4 Å². The zero-order chi connectivity index (χ0) is 42.7. The molecule has 0 unspecified atom stereocenters. The number of β-lactam (4-membered cyclic amide) rings is 1. The lowest BCUT2D eigenvalue weighted by Crippen LogP contribution is -2.62. The number of rotatable bonds is 14. The second-order valence-corrected chi connectivity index (χ2v) is 18.2. The number of aryl methyl sites for hydroxylation is 1. The number of thioether (sulfide) groups is 1. The van der Waals surface area contributed by atoms with Gasteiger partial charge in [0, 0.05) is 51.2 Å². The number of thiazole rings is 1. The van der Waals surface area contributed by atoms with Gasteiger partial charge >= 0.3 is 12.1 Å². The SMILES string of the molecule is CO/N=C(\C(=O)C[C@@H]1C(=O)N2C(C(=O)OCc3ccc(OC)cc3)=C(C[n+]3ccc4c(ccn4Cc4cc(C(N)=NC(=O)OC(C)(C)C)cs4)c3)CS[C@H]12)c1csc(C)n1. The van der Waals surface area contributed by atoms with Gasteiger partial charge in [-0.3, -0.25) is 14.5 Å². The number of pyridine rings is 1. The van der Waals surface area contributed by atoms with E-state index in [0.29, 0.717) is 41.4 Å². The molecule has 7 rings (SSSR count). The number of thiophene rings is 1. The van der Waals surface area contributed by atoms with Gasteiger partial charge in [-0.15, -0.1) is 34.4 Å². The van der Waals surface area contributed by atoms with E-state index in [1.807, 2.05) is 65.8 Å². The Labute approximate surface area is 358 Å². The summed E-state index contributed by atoms with van der Waals surface area (Å²) in [5.74, 6) is -0.806. The molecule has 18 heteroatoms. The topological polar surface area (TPSA) is 181 Å². The van der Waals surface area contributed by atoms with Crippen molar-refractivity contribution in [2.45, 2.75) is 64.8 Å². The molecule has 0 radical (unpaired) electrons. The maximum Gasteiger partial charge on any atom is 0.436 e. The average molecular weight is 871 g/mol. The molecule has 0 spiro atoms. The summed E-state index contributed by atoms with van der Waals surface area (Å²) < 4.78 is 20.4. The smallest absolute Gasteiger partial charge is 0.436 e. The first-order valence-electron chi connectivity index (χ1n) is 18.9. The number of amidine groups is 1. The largest absolute Gasteiger partial charge is 0.497 e. The number of hydrogen-bond acceptors (Lipinski definition) is 13. The van der Waals surface area contributed by atoms with Crippen LogP contribution >= 0.6 is 34.4 Å². The number of nitrogens with two attached hydrogens (primary N) is 1. The van der Waals surface area contributed by atoms with Gasteiger partial charge in [0.2, 0.25) is 5.91 Å². The van der Waals surface area contributed by atoms with Gasteiger partial charge in [-0.2, -0.15) is 4.99 Å². The number of nitrogens with zero attached hydrogens (tertiary/aromatic N) is 6. The second kappa shape index (κ2) is 17.8. The minimum Gasteiger partial charge on any atom is -0.497 e. The highest BCUT2D eigenvalue weighted by Gasteiger charge is 2.55. The summed E-state index contributed by atoms with van der Waals surface area (Å²) in [4.78, 5) is 69.4. The fourth-order valence-electron chi connectivity index (χ4n) is 6.83. The normalized spacial score (nSPS) is 17.0. The number of hydrogen-bond donors (Lipinski definition) is 1. The number of ketones is 1. The van der Waals surface area contributed by atoms with Gasteiger partial charge in [-0.25, -0.2) is 19.1 Å². The zero-order valence-electron chi connectivity index (χ0n) is 33.9. The Morgan fingerprint density at radius 1 is 1.07 bits per heavy atom. The summed E-state index contributed by atoms with van der Waals surface area (Å²) >= 11 is 4.40. The summed E-state index contributed by atoms with van der Waals surface area (Å²) in [5.41, 5.74) is 9.19. The van der Waals surface area contributed by atoms with E-state index >= 15 is 0 Å². The molecule has 312 valence electrons. The second-order valence-electron chi connectivity index (χ2n) is 15.1. The van der Waals surface area contributed by atoms with Crippen molar-refractivity contribution in [1.29, 1.82) is 0 Å². The van der Waals surface area contributed by atoms with Crippen LogP contribution in [0.5, 0.6) is 5.75 Å². The quantitative estimate of drug-likeness (QED) is 0.0346. The molecular formula is C42H44N7O8S3+. The monoisotopic (exact) mass is 870 g/mol. The van der Waals surface area contributed by atoms with E-state index < -0.39 is 29.0 Å². The first kappa shape index (κ1) is 42.3. The molecule has 2 atom stereocenters. The Morgan fingerprint density at radius 2 is 1.85 bits per heavy atom. The van der Waals surface area contributed by atoms with E-state index in [2.05, 4.69) is 19.7 Å². The number of esters is 1. The van der Waals surface area contributed by atoms with Crippen molar-refractivity contribution in [2.75, 3.05) is 20.0 Å². The number of fused-ring (bicyclic) bond motifs is 2. The van der Waals surface area contributed by atoms with Gasteiger partial charge < -0.3 is 29.3 Å². The third-order valence-electron chi connectivity index (χ3n) is 9.62. The molecule has 0 aliphatic carbocycles. The first-order valence-corrected chi connectivity index (χ1v) is 21.7. The van der Waals surface area contributed by atoms with Crippen LogP contribution in [0.2, 0.25) is 0 Å². The third kappa shape index (κ3) is 9.45. The first-order chi connectivity index (χ1) is 28.7. The van der Waals surface area contributed by atoms with Crippen LogP contribution in [0.1, 0.15) is 53.9 Å². The number of ether oxygens (including phenoxy) is 3. The molecule has 2 aliphatic rings. The number of aromatic nitrogens is 3. The number of Topliss-reactive ketones (excluding diaryl/α,β-unsaturated/α-hetero) is 1. The van der Waals surface area contributed by atoms with E-state index in [4.69, 9.17) is 24.8 Å². The van der Waals surface area contributed by atoms with Crippen molar-refractivity contribution in [2.24, 2.45) is 21.8 Å². The van der Waals surface area contributed by atoms with Gasteiger partial charge in [-0.1, -0.05) is 17.3 Å². The Balaban J connectivity index is 1.10. The fraction of sp³-hybridized carbons (Fsp3) is 0.333. The number of carbonyl (C=O) groups excluding carboxylic acids is 4. The summed E-state index contributed by atoms with van der Waals surface area (Å²) in [6.45, 7) is 8.00. The highest BCUT2D eigenvalue weighted by atomic mass is 32.2. The van der Waals surface area contributed by atoms with Crippen molar-refractivity contribution in [1.82, 2.24) is 14.5 Å². The lowest BCUT2D eigenvalue weighted by Gasteiger charge is -2.49. The van der Waals surface area contributed by atoms with E-state index in [9.17, 15) is 19.2 Å². The van der Waals surface area contributed by atoms with Crippen LogP contribution < -0.4 is 15.0 Å². The maximum atomic E-state index is 14.0. The molecule has 0 bridgehead atoms. The summed E-state index contributed by atoms with van der Waals surface area (Å²) in [5, 5.41) is 8.82. The average Bonchev–Trinajstić information content (AvgIpc) is 3.97. The minimum absolute atomic E-state index is 0.00720. The predicted molar refractivity (Wildman–Crippen MR) is 229 cm³/mol. The van der Waals surface area contributed by atoms with Crippen molar-refractivity contribution in [3.05, 3.63) is 110 Å². The molecule has 0 saturated carbocycles. The number of oxime groups is 1. The van der Waals surface area contributed by atoms with Crippen molar-refractivity contribution < 1.29 is 42.8 Å². The zero-order valence-corrected chi connectivity index (χ0v) is 36.3. The molecule has 5 aromatic rings. The van der Waals surface area contributed by atoms with Crippen LogP contribution in [0.3, 0.4) is 0 Å². The van der Waals surface area contributed by atoms with Gasteiger partial charge in [0.1, 0.15) is 42.3 Å². The third-order valence-corrected chi connectivity index (χ3v) is 12.7. The molecule has 4 aromatic heterocycles. The lowest BCUT2D eigenvalue weighted by molar-refractivity contribution is -0.687. The summed E-state index contributed by atoms with van der Waals surface area (Å²) in [6, 6.07) is 13.1. The molecule has 2 N–H and O–H groups in total. The van der Waals surface area contributed by atoms with Crippen LogP contribution in [0.4, 0.5) is 4.79 Å². The molecule has 1 aromatic carbocycles. The number of methoxy groups -OCH3 is 1. The van der Waals surface area contributed by atoms with E-state index in [-0.39, 0.29) is 42.0 Å². The lowest BCUT2D eigenvalue weighted by atomic mass is 9.89. The minimum atomic E-state index is -0.740. The Hall–Kier alpha value is -5.85. The van der Waals surface area contributed by atoms with Crippen LogP contribution in [0.15, 0.2) is 93.2 Å². The Bertz CT molecular complexity index is 2550. The Kier molecular flexibility index (Phi) is 12.5. The standard InChI is InChI=1S/C42H43N7O8S3/c1-24-44-32(23-58-24)35(46-55-6)34(50)16-31-38(51)49-36(40(52)56-20-25-7-9-29(54-5)10-8-25)28(22-60-39(31)49)18-47-13-12-33-26(17-47)11-14-48(33)19-30-15-27(21-59-30)37(43)45-41(53)57-42(2,3)4/h7-15,17,21,23,31,39H,16,18-20,22H2,1-6H3,(H-,43,45,53)/p+1/b46-35-/t31-,39-/m1/s1. The number of carbonyl (C=O) groups is 4. The molecular weight excluding hydrogens is 827 g/mol.